The highest BCUT2D eigenvalue weighted by Gasteiger charge is 2.10. The van der Waals surface area contributed by atoms with Crippen molar-refractivity contribution >= 4 is 16.8 Å². The zero-order valence-corrected chi connectivity index (χ0v) is 15.0. The van der Waals surface area contributed by atoms with Gasteiger partial charge in [-0.3, -0.25) is 4.79 Å². The molecule has 4 heteroatoms. The van der Waals surface area contributed by atoms with E-state index in [9.17, 15) is 4.79 Å². The lowest BCUT2D eigenvalue weighted by molar-refractivity contribution is -0.111. The molecule has 0 amide bonds. The fourth-order valence-electron chi connectivity index (χ4n) is 2.53. The van der Waals surface area contributed by atoms with Crippen molar-refractivity contribution in [2.24, 2.45) is 0 Å². The second-order valence-electron chi connectivity index (χ2n) is 5.86. The molecule has 26 heavy (non-hydrogen) atoms. The highest BCUT2D eigenvalue weighted by molar-refractivity contribution is 6.63. The van der Waals surface area contributed by atoms with Gasteiger partial charge in [0.2, 0.25) is 5.24 Å². The van der Waals surface area contributed by atoms with Gasteiger partial charge in [0.05, 0.1) is 0 Å². The zero-order chi connectivity index (χ0) is 18.2. The largest absolute Gasteiger partial charge is 0.485 e. The molecule has 0 aliphatic carbocycles. The van der Waals surface area contributed by atoms with Crippen LogP contribution in [0.2, 0.25) is 0 Å². The first-order chi connectivity index (χ1) is 12.7. The van der Waals surface area contributed by atoms with Crippen molar-refractivity contribution in [2.45, 2.75) is 19.6 Å². The lowest BCUT2D eigenvalue weighted by Gasteiger charge is -2.14. The quantitative estimate of drug-likeness (QED) is 0.517. The Morgan fingerprint density at radius 1 is 0.692 bits per heavy atom. The second-order valence-corrected chi connectivity index (χ2v) is 6.28. The lowest BCUT2D eigenvalue weighted by Crippen LogP contribution is -2.02. The van der Waals surface area contributed by atoms with E-state index in [1.54, 1.807) is 0 Å². The van der Waals surface area contributed by atoms with Crippen molar-refractivity contribution < 1.29 is 14.3 Å². The predicted octanol–water partition coefficient (Wildman–Crippen LogP) is 5.15. The Bertz CT molecular complexity index is 848. The number of hydrogen-bond acceptors (Lipinski definition) is 3. The van der Waals surface area contributed by atoms with Crippen LogP contribution in [0.15, 0.2) is 78.9 Å². The molecule has 0 atom stereocenters. The third-order valence-corrected chi connectivity index (χ3v) is 3.96. The molecule has 0 bridgehead atoms. The zero-order valence-electron chi connectivity index (χ0n) is 14.2. The van der Waals surface area contributed by atoms with Crippen LogP contribution in [0.4, 0.5) is 0 Å². The highest BCUT2D eigenvalue weighted by atomic mass is 35.5. The summed E-state index contributed by atoms with van der Waals surface area (Å²) >= 11 is 5.51. The number of carbonyl (C=O) groups excluding carboxylic acids is 1. The first-order valence-electron chi connectivity index (χ1n) is 8.35. The summed E-state index contributed by atoms with van der Waals surface area (Å²) in [5.41, 5.74) is 2.92. The van der Waals surface area contributed by atoms with E-state index < -0.39 is 5.24 Å². The summed E-state index contributed by atoms with van der Waals surface area (Å²) in [6.45, 7) is 0.858. The van der Waals surface area contributed by atoms with Crippen molar-refractivity contribution in [1.29, 1.82) is 0 Å². The van der Waals surface area contributed by atoms with E-state index in [4.69, 9.17) is 21.1 Å². The maximum atomic E-state index is 11.2. The summed E-state index contributed by atoms with van der Waals surface area (Å²) in [5.74, 6) is 1.23. The van der Waals surface area contributed by atoms with E-state index in [0.717, 1.165) is 16.7 Å². The van der Waals surface area contributed by atoms with Crippen LogP contribution in [0.5, 0.6) is 11.5 Å². The first-order valence-corrected chi connectivity index (χ1v) is 8.73. The average molecular weight is 367 g/mol. The summed E-state index contributed by atoms with van der Waals surface area (Å²) < 4.78 is 11.9. The van der Waals surface area contributed by atoms with Crippen molar-refractivity contribution in [3.63, 3.8) is 0 Å². The van der Waals surface area contributed by atoms with Crippen LogP contribution in [0.1, 0.15) is 16.7 Å². The molecule has 3 rings (SSSR count). The van der Waals surface area contributed by atoms with E-state index in [1.807, 2.05) is 78.9 Å². The summed E-state index contributed by atoms with van der Waals surface area (Å²) in [5, 5.41) is -0.406. The number of carbonyl (C=O) groups is 1. The molecule has 132 valence electrons. The minimum Gasteiger partial charge on any atom is -0.485 e. The van der Waals surface area contributed by atoms with Gasteiger partial charge in [-0.25, -0.2) is 0 Å². The molecule has 0 saturated heterocycles. The SMILES string of the molecule is O=C(Cl)Cc1ccc(OCc2ccccc2)c(OCc2ccccc2)c1. The van der Waals surface area contributed by atoms with Crippen LogP contribution in [0.25, 0.3) is 0 Å². The monoisotopic (exact) mass is 366 g/mol. The Morgan fingerprint density at radius 2 is 1.23 bits per heavy atom. The molecule has 3 aromatic carbocycles. The van der Waals surface area contributed by atoms with E-state index in [2.05, 4.69) is 0 Å². The number of hydrogen-bond donors (Lipinski definition) is 0. The summed E-state index contributed by atoms with van der Waals surface area (Å²) in [4.78, 5) is 11.2. The second kappa shape index (κ2) is 9.07. The van der Waals surface area contributed by atoms with Gasteiger partial charge in [-0.2, -0.15) is 0 Å². The lowest BCUT2D eigenvalue weighted by atomic mass is 10.1. The van der Waals surface area contributed by atoms with Gasteiger partial charge in [0, 0.05) is 6.42 Å². The molecular weight excluding hydrogens is 348 g/mol. The average Bonchev–Trinajstić information content (AvgIpc) is 2.67. The van der Waals surface area contributed by atoms with Gasteiger partial charge in [-0.1, -0.05) is 66.7 Å². The highest BCUT2D eigenvalue weighted by Crippen LogP contribution is 2.30. The van der Waals surface area contributed by atoms with Gasteiger partial charge >= 0.3 is 0 Å². The minimum absolute atomic E-state index is 0.155. The molecule has 0 aromatic heterocycles. The van der Waals surface area contributed by atoms with Crippen LogP contribution in [0, 0.1) is 0 Å². The van der Waals surface area contributed by atoms with E-state index in [0.29, 0.717) is 24.7 Å². The maximum Gasteiger partial charge on any atom is 0.226 e. The Labute approximate surface area is 158 Å². The number of rotatable bonds is 8. The van der Waals surface area contributed by atoms with Crippen LogP contribution < -0.4 is 9.47 Å². The number of ether oxygens (including phenoxy) is 2. The van der Waals surface area contributed by atoms with Gasteiger partial charge in [-0.15, -0.1) is 0 Å². The van der Waals surface area contributed by atoms with Crippen molar-refractivity contribution in [3.05, 3.63) is 95.6 Å². The normalized spacial score (nSPS) is 10.3. The van der Waals surface area contributed by atoms with E-state index in [-0.39, 0.29) is 6.42 Å². The van der Waals surface area contributed by atoms with E-state index >= 15 is 0 Å². The first kappa shape index (κ1) is 18.0. The van der Waals surface area contributed by atoms with Crippen molar-refractivity contribution in [3.8, 4) is 11.5 Å². The summed E-state index contributed by atoms with van der Waals surface area (Å²) in [6.07, 6.45) is 0.155. The molecule has 0 fully saturated rings. The maximum absolute atomic E-state index is 11.2. The van der Waals surface area contributed by atoms with Crippen LogP contribution in [-0.4, -0.2) is 5.24 Å². The third-order valence-electron chi connectivity index (χ3n) is 3.83. The topological polar surface area (TPSA) is 35.5 Å². The van der Waals surface area contributed by atoms with Crippen LogP contribution in [0.3, 0.4) is 0 Å². The molecule has 0 heterocycles. The fraction of sp³-hybridized carbons (Fsp3) is 0.136. The number of halogens is 1. The summed E-state index contributed by atoms with van der Waals surface area (Å²) in [6, 6.07) is 25.3. The Hall–Kier alpha value is -2.78. The molecule has 0 saturated carbocycles. The third kappa shape index (κ3) is 5.36. The predicted molar refractivity (Wildman–Crippen MR) is 103 cm³/mol. The van der Waals surface area contributed by atoms with Gasteiger partial charge in [0.1, 0.15) is 13.2 Å². The molecule has 0 N–H and O–H groups in total. The Balaban J connectivity index is 1.76. The standard InChI is InChI=1S/C22H19ClO3/c23-22(24)14-19-11-12-20(25-15-17-7-3-1-4-8-17)21(13-19)26-16-18-9-5-2-6-10-18/h1-13H,14-16H2. The fourth-order valence-corrected chi connectivity index (χ4v) is 2.68. The Kier molecular flexibility index (Phi) is 6.29. The van der Waals surface area contributed by atoms with Crippen molar-refractivity contribution in [2.75, 3.05) is 0 Å². The Morgan fingerprint density at radius 3 is 1.77 bits per heavy atom. The molecule has 0 unspecified atom stereocenters. The molecule has 0 radical (unpaired) electrons. The summed E-state index contributed by atoms with van der Waals surface area (Å²) in [7, 11) is 0. The van der Waals surface area contributed by atoms with Crippen molar-refractivity contribution in [1.82, 2.24) is 0 Å². The number of benzene rings is 3. The van der Waals surface area contributed by atoms with Gasteiger partial charge in [-0.05, 0) is 40.4 Å². The molecule has 0 spiro atoms. The molecule has 3 nitrogen and oxygen atoms in total. The smallest absolute Gasteiger partial charge is 0.226 e. The van der Waals surface area contributed by atoms with Gasteiger partial charge in [0.15, 0.2) is 11.5 Å². The van der Waals surface area contributed by atoms with Crippen LogP contribution >= 0.6 is 11.6 Å². The molecule has 0 aliphatic rings. The van der Waals surface area contributed by atoms with Gasteiger partial charge < -0.3 is 9.47 Å². The minimum atomic E-state index is -0.406. The molecular formula is C22H19ClO3. The van der Waals surface area contributed by atoms with E-state index in [1.165, 1.54) is 0 Å². The van der Waals surface area contributed by atoms with Gasteiger partial charge in [0.25, 0.3) is 0 Å². The molecule has 0 aliphatic heterocycles. The van der Waals surface area contributed by atoms with Crippen LogP contribution in [-0.2, 0) is 24.4 Å². The molecule has 3 aromatic rings.